The molecule has 0 radical (unpaired) electrons. The molecule has 0 N–H and O–H groups in total. The van der Waals surface area contributed by atoms with E-state index in [1.807, 2.05) is 0 Å². The lowest BCUT2D eigenvalue weighted by molar-refractivity contribution is -0.149. The van der Waals surface area contributed by atoms with E-state index in [4.69, 9.17) is 16.3 Å². The monoisotopic (exact) mass is 245 g/mol. The molecule has 1 heterocycles. The van der Waals surface area contributed by atoms with Gasteiger partial charge in [0.05, 0.1) is 12.3 Å². The number of rotatable bonds is 3. The molecule has 0 fully saturated rings. The summed E-state index contributed by atoms with van der Waals surface area (Å²) in [5.74, 6) is -1.09. The van der Waals surface area contributed by atoms with Gasteiger partial charge in [-0.05, 0) is 32.9 Å². The van der Waals surface area contributed by atoms with Crippen LogP contribution in [0, 0.1) is 5.82 Å². The predicted molar refractivity (Wildman–Crippen MR) is 58.9 cm³/mol. The number of halogens is 2. The van der Waals surface area contributed by atoms with Crippen LogP contribution in [0.1, 0.15) is 26.5 Å². The van der Waals surface area contributed by atoms with Crippen LogP contribution in [0.25, 0.3) is 0 Å². The lowest BCUT2D eigenvalue weighted by Gasteiger charge is -2.22. The van der Waals surface area contributed by atoms with E-state index in [1.165, 1.54) is 12.1 Å². The SMILES string of the molecule is CCOC(=O)C(C)(C)c1nc(Cl)ccc1F. The Bertz CT molecular complexity index is 407. The molecule has 0 aliphatic heterocycles. The van der Waals surface area contributed by atoms with Gasteiger partial charge in [0.25, 0.3) is 0 Å². The molecule has 0 saturated carbocycles. The number of carbonyl (C=O) groups is 1. The quantitative estimate of drug-likeness (QED) is 0.607. The zero-order valence-electron chi connectivity index (χ0n) is 9.38. The maximum absolute atomic E-state index is 13.5. The van der Waals surface area contributed by atoms with Crippen LogP contribution >= 0.6 is 11.6 Å². The molecule has 16 heavy (non-hydrogen) atoms. The number of carbonyl (C=O) groups excluding carboxylic acids is 1. The molecule has 0 aromatic carbocycles. The van der Waals surface area contributed by atoms with Gasteiger partial charge in [0.15, 0.2) is 0 Å². The van der Waals surface area contributed by atoms with Gasteiger partial charge < -0.3 is 4.74 Å². The summed E-state index contributed by atoms with van der Waals surface area (Å²) in [5.41, 5.74) is -1.15. The molecule has 0 aliphatic rings. The van der Waals surface area contributed by atoms with Crippen LogP contribution in [0.5, 0.6) is 0 Å². The molecule has 1 rings (SSSR count). The molecule has 5 heteroatoms. The Morgan fingerprint density at radius 2 is 2.19 bits per heavy atom. The highest BCUT2D eigenvalue weighted by Crippen LogP contribution is 2.26. The third kappa shape index (κ3) is 2.50. The number of nitrogens with zero attached hydrogens (tertiary/aromatic N) is 1. The molecule has 0 aliphatic carbocycles. The van der Waals surface area contributed by atoms with Crippen LogP contribution in [-0.2, 0) is 14.9 Å². The fourth-order valence-electron chi connectivity index (χ4n) is 1.26. The van der Waals surface area contributed by atoms with E-state index in [9.17, 15) is 9.18 Å². The Kier molecular flexibility index (Phi) is 3.86. The molecule has 88 valence electrons. The van der Waals surface area contributed by atoms with Gasteiger partial charge in [-0.25, -0.2) is 9.37 Å². The Hall–Kier alpha value is -1.16. The summed E-state index contributed by atoms with van der Waals surface area (Å²) in [7, 11) is 0. The number of aromatic nitrogens is 1. The first-order valence-electron chi connectivity index (χ1n) is 4.89. The van der Waals surface area contributed by atoms with Gasteiger partial charge in [0.1, 0.15) is 16.4 Å². The molecule has 0 amide bonds. The second-order valence-corrected chi connectivity index (χ2v) is 4.20. The smallest absolute Gasteiger partial charge is 0.317 e. The summed E-state index contributed by atoms with van der Waals surface area (Å²) in [6.45, 7) is 5.03. The lowest BCUT2D eigenvalue weighted by Crippen LogP contribution is -2.33. The van der Waals surface area contributed by atoms with Crippen LogP contribution in [0.15, 0.2) is 12.1 Å². The van der Waals surface area contributed by atoms with Crippen molar-refractivity contribution in [1.29, 1.82) is 0 Å². The average Bonchev–Trinajstić information content (AvgIpc) is 2.22. The van der Waals surface area contributed by atoms with E-state index in [0.29, 0.717) is 0 Å². The highest BCUT2D eigenvalue weighted by Gasteiger charge is 2.35. The van der Waals surface area contributed by atoms with Crippen molar-refractivity contribution in [3.63, 3.8) is 0 Å². The number of hydrogen-bond donors (Lipinski definition) is 0. The molecule has 0 atom stereocenters. The van der Waals surface area contributed by atoms with Crippen LogP contribution in [0.3, 0.4) is 0 Å². The highest BCUT2D eigenvalue weighted by molar-refractivity contribution is 6.29. The van der Waals surface area contributed by atoms with E-state index < -0.39 is 17.2 Å². The average molecular weight is 246 g/mol. The normalized spacial score (nSPS) is 11.3. The second kappa shape index (κ2) is 4.78. The molecule has 0 unspecified atom stereocenters. The summed E-state index contributed by atoms with van der Waals surface area (Å²) in [6, 6.07) is 2.52. The summed E-state index contributed by atoms with van der Waals surface area (Å²) in [5, 5.41) is 0.147. The third-order valence-corrected chi connectivity index (χ3v) is 2.40. The van der Waals surface area contributed by atoms with E-state index in [1.54, 1.807) is 20.8 Å². The summed E-state index contributed by atoms with van der Waals surface area (Å²) >= 11 is 5.67. The number of pyridine rings is 1. The largest absolute Gasteiger partial charge is 0.465 e. The van der Waals surface area contributed by atoms with Crippen molar-refractivity contribution in [3.8, 4) is 0 Å². The molecule has 0 bridgehead atoms. The second-order valence-electron chi connectivity index (χ2n) is 3.81. The van der Waals surface area contributed by atoms with Crippen molar-refractivity contribution in [3.05, 3.63) is 28.8 Å². The fourth-order valence-corrected chi connectivity index (χ4v) is 1.41. The van der Waals surface area contributed by atoms with Crippen molar-refractivity contribution < 1.29 is 13.9 Å². The maximum Gasteiger partial charge on any atom is 0.317 e. The molecular weight excluding hydrogens is 233 g/mol. The number of ether oxygens (including phenoxy) is 1. The minimum atomic E-state index is -1.15. The van der Waals surface area contributed by atoms with Crippen molar-refractivity contribution in [2.75, 3.05) is 6.61 Å². The van der Waals surface area contributed by atoms with E-state index >= 15 is 0 Å². The van der Waals surface area contributed by atoms with E-state index in [-0.39, 0.29) is 17.5 Å². The van der Waals surface area contributed by atoms with Crippen molar-refractivity contribution in [2.45, 2.75) is 26.2 Å². The molecule has 0 spiro atoms. The van der Waals surface area contributed by atoms with Gasteiger partial charge in [-0.3, -0.25) is 4.79 Å². The summed E-state index contributed by atoms with van der Waals surface area (Å²) < 4.78 is 18.4. The Labute approximate surface area is 98.6 Å². The van der Waals surface area contributed by atoms with Gasteiger partial charge in [0, 0.05) is 0 Å². The summed E-state index contributed by atoms with van der Waals surface area (Å²) in [4.78, 5) is 15.5. The first kappa shape index (κ1) is 12.9. The first-order chi connectivity index (χ1) is 7.39. The zero-order valence-corrected chi connectivity index (χ0v) is 10.1. The standard InChI is InChI=1S/C11H13ClFNO2/c1-4-16-10(15)11(2,3)9-7(13)5-6-8(12)14-9/h5-6H,4H2,1-3H3. The van der Waals surface area contributed by atoms with E-state index in [0.717, 1.165) is 0 Å². The Morgan fingerprint density at radius 1 is 1.56 bits per heavy atom. The number of esters is 1. The molecule has 1 aromatic heterocycles. The van der Waals surface area contributed by atoms with E-state index in [2.05, 4.69) is 4.98 Å². The van der Waals surface area contributed by atoms with Gasteiger partial charge >= 0.3 is 5.97 Å². The minimum Gasteiger partial charge on any atom is -0.465 e. The topological polar surface area (TPSA) is 39.2 Å². The number of hydrogen-bond acceptors (Lipinski definition) is 3. The lowest BCUT2D eigenvalue weighted by atomic mass is 9.88. The van der Waals surface area contributed by atoms with Crippen molar-refractivity contribution >= 4 is 17.6 Å². The fraction of sp³-hybridized carbons (Fsp3) is 0.455. The Balaban J connectivity index is 3.15. The molecule has 1 aromatic rings. The van der Waals surface area contributed by atoms with Crippen LogP contribution in [0.2, 0.25) is 5.15 Å². The summed E-state index contributed by atoms with van der Waals surface area (Å²) in [6.07, 6.45) is 0. The third-order valence-electron chi connectivity index (χ3n) is 2.19. The van der Waals surface area contributed by atoms with Gasteiger partial charge in [-0.1, -0.05) is 11.6 Å². The van der Waals surface area contributed by atoms with Gasteiger partial charge in [0.2, 0.25) is 0 Å². The van der Waals surface area contributed by atoms with Crippen LogP contribution in [-0.4, -0.2) is 17.6 Å². The molecular formula is C11H13ClFNO2. The Morgan fingerprint density at radius 3 is 2.75 bits per heavy atom. The van der Waals surface area contributed by atoms with Gasteiger partial charge in [-0.2, -0.15) is 0 Å². The maximum atomic E-state index is 13.5. The van der Waals surface area contributed by atoms with Gasteiger partial charge in [-0.15, -0.1) is 0 Å². The predicted octanol–water partition coefficient (Wildman–Crippen LogP) is 2.71. The minimum absolute atomic E-state index is 0.00144. The van der Waals surface area contributed by atoms with Crippen molar-refractivity contribution in [1.82, 2.24) is 4.98 Å². The van der Waals surface area contributed by atoms with Crippen molar-refractivity contribution in [2.24, 2.45) is 0 Å². The van der Waals surface area contributed by atoms with Crippen LogP contribution in [0.4, 0.5) is 4.39 Å². The zero-order chi connectivity index (χ0) is 12.3. The first-order valence-corrected chi connectivity index (χ1v) is 5.27. The highest BCUT2D eigenvalue weighted by atomic mass is 35.5. The molecule has 3 nitrogen and oxygen atoms in total. The molecule has 0 saturated heterocycles. The van der Waals surface area contributed by atoms with Crippen LogP contribution < -0.4 is 0 Å².